The number of para-hydroxylation sites is 1. The molecule has 1 N–H and O–H groups in total. The highest BCUT2D eigenvalue weighted by Crippen LogP contribution is 2.38. The lowest BCUT2D eigenvalue weighted by atomic mass is 10.1. The van der Waals surface area contributed by atoms with E-state index in [1.165, 1.54) is 18.1 Å². The first-order valence-corrected chi connectivity index (χ1v) is 12.6. The molecule has 0 aliphatic carbocycles. The third-order valence-corrected chi connectivity index (χ3v) is 7.08. The maximum Gasteiger partial charge on any atom is 0.234 e. The van der Waals surface area contributed by atoms with Crippen molar-refractivity contribution in [2.24, 2.45) is 0 Å². The third kappa shape index (κ3) is 5.22. The van der Waals surface area contributed by atoms with E-state index in [2.05, 4.69) is 20.7 Å². The summed E-state index contributed by atoms with van der Waals surface area (Å²) < 4.78 is 5.79. The van der Waals surface area contributed by atoms with Gasteiger partial charge in [-0.2, -0.15) is 0 Å². The second kappa shape index (κ2) is 10.3. The number of halogens is 1. The Morgan fingerprint density at radius 1 is 0.941 bits per heavy atom. The van der Waals surface area contributed by atoms with Gasteiger partial charge < -0.3 is 10.1 Å². The molecule has 5 aromatic rings. The molecule has 0 saturated heterocycles. The van der Waals surface area contributed by atoms with Gasteiger partial charge in [-0.1, -0.05) is 53.7 Å². The number of carbonyl (C=O) groups is 1. The SMILES string of the molecule is O=C(CSc1ncnc2scc(-c3ccc(Cl)cc3)c12)Nc1ccc(Oc2ccccc2)cc1. The van der Waals surface area contributed by atoms with E-state index in [0.29, 0.717) is 16.5 Å². The summed E-state index contributed by atoms with van der Waals surface area (Å²) in [6.07, 6.45) is 1.54. The summed E-state index contributed by atoms with van der Waals surface area (Å²) >= 11 is 8.99. The number of nitrogens with one attached hydrogen (secondary N) is 1. The van der Waals surface area contributed by atoms with Crippen molar-refractivity contribution in [3.8, 4) is 22.6 Å². The maximum absolute atomic E-state index is 12.6. The Morgan fingerprint density at radius 2 is 1.68 bits per heavy atom. The largest absolute Gasteiger partial charge is 0.457 e. The minimum atomic E-state index is -0.114. The molecule has 8 heteroatoms. The van der Waals surface area contributed by atoms with Crippen molar-refractivity contribution in [1.29, 1.82) is 0 Å². The first-order chi connectivity index (χ1) is 16.7. The number of rotatable bonds is 7. The monoisotopic (exact) mass is 503 g/mol. The van der Waals surface area contributed by atoms with Gasteiger partial charge in [0.2, 0.25) is 5.91 Å². The highest BCUT2D eigenvalue weighted by atomic mass is 35.5. The fourth-order valence-electron chi connectivity index (χ4n) is 3.36. The highest BCUT2D eigenvalue weighted by molar-refractivity contribution is 8.00. The van der Waals surface area contributed by atoms with Gasteiger partial charge in [0.15, 0.2) is 0 Å². The van der Waals surface area contributed by atoms with Crippen LogP contribution in [0.4, 0.5) is 5.69 Å². The molecule has 2 aromatic heterocycles. The smallest absolute Gasteiger partial charge is 0.234 e. The van der Waals surface area contributed by atoms with E-state index in [4.69, 9.17) is 16.3 Å². The molecule has 0 bridgehead atoms. The number of hydrogen-bond donors (Lipinski definition) is 1. The molecule has 2 heterocycles. The Labute approximate surface area is 209 Å². The number of benzene rings is 3. The maximum atomic E-state index is 12.6. The fourth-order valence-corrected chi connectivity index (χ4v) is 5.28. The predicted molar refractivity (Wildman–Crippen MR) is 140 cm³/mol. The van der Waals surface area contributed by atoms with Gasteiger partial charge in [-0.05, 0) is 54.1 Å². The van der Waals surface area contributed by atoms with Gasteiger partial charge in [-0.15, -0.1) is 11.3 Å². The number of carbonyl (C=O) groups excluding carboxylic acids is 1. The Bertz CT molecular complexity index is 1420. The molecule has 0 aliphatic heterocycles. The molecule has 1 amide bonds. The van der Waals surface area contributed by atoms with Crippen molar-refractivity contribution in [3.05, 3.63) is 95.6 Å². The van der Waals surface area contributed by atoms with Crippen LogP contribution in [0.5, 0.6) is 11.5 Å². The van der Waals surface area contributed by atoms with Gasteiger partial charge in [-0.25, -0.2) is 9.97 Å². The van der Waals surface area contributed by atoms with E-state index in [0.717, 1.165) is 32.1 Å². The summed E-state index contributed by atoms with van der Waals surface area (Å²) in [5.74, 6) is 1.58. The van der Waals surface area contributed by atoms with E-state index in [1.54, 1.807) is 11.3 Å². The van der Waals surface area contributed by atoms with E-state index >= 15 is 0 Å². The Morgan fingerprint density at radius 3 is 2.44 bits per heavy atom. The second-order valence-corrected chi connectivity index (χ2v) is 9.55. The minimum Gasteiger partial charge on any atom is -0.457 e. The zero-order chi connectivity index (χ0) is 23.3. The molecule has 5 nitrogen and oxygen atoms in total. The molecule has 0 unspecified atom stereocenters. The molecular weight excluding hydrogens is 486 g/mol. The topological polar surface area (TPSA) is 64.1 Å². The van der Waals surface area contributed by atoms with E-state index < -0.39 is 0 Å². The Hall–Kier alpha value is -3.39. The van der Waals surface area contributed by atoms with Crippen molar-refractivity contribution in [3.63, 3.8) is 0 Å². The third-order valence-electron chi connectivity index (χ3n) is 4.95. The number of thiophene rings is 1. The van der Waals surface area contributed by atoms with E-state index in [9.17, 15) is 4.79 Å². The van der Waals surface area contributed by atoms with Crippen molar-refractivity contribution in [2.75, 3.05) is 11.1 Å². The van der Waals surface area contributed by atoms with Gasteiger partial charge in [0.05, 0.1) is 11.1 Å². The molecule has 0 atom stereocenters. The fraction of sp³-hybridized carbons (Fsp3) is 0.0385. The summed E-state index contributed by atoms with van der Waals surface area (Å²) in [4.78, 5) is 22.3. The van der Waals surface area contributed by atoms with Crippen LogP contribution in [0.3, 0.4) is 0 Å². The second-order valence-electron chi connectivity index (χ2n) is 7.29. The van der Waals surface area contributed by atoms with Crippen LogP contribution in [0.1, 0.15) is 0 Å². The molecule has 5 rings (SSSR count). The van der Waals surface area contributed by atoms with E-state index in [1.807, 2.05) is 78.9 Å². The first kappa shape index (κ1) is 22.4. The summed E-state index contributed by atoms with van der Waals surface area (Å²) in [6.45, 7) is 0. The van der Waals surface area contributed by atoms with Crippen LogP contribution in [0.25, 0.3) is 21.3 Å². The average Bonchev–Trinajstić information content (AvgIpc) is 3.30. The first-order valence-electron chi connectivity index (χ1n) is 10.4. The molecule has 3 aromatic carbocycles. The van der Waals surface area contributed by atoms with Crippen LogP contribution in [-0.4, -0.2) is 21.6 Å². The summed E-state index contributed by atoms with van der Waals surface area (Å²) in [7, 11) is 0. The molecule has 0 spiro atoms. The van der Waals surface area contributed by atoms with Gasteiger partial charge >= 0.3 is 0 Å². The lowest BCUT2D eigenvalue weighted by Crippen LogP contribution is -2.14. The molecule has 34 heavy (non-hydrogen) atoms. The molecule has 0 aliphatic rings. The summed E-state index contributed by atoms with van der Waals surface area (Å²) in [6, 6.07) is 24.5. The lowest BCUT2D eigenvalue weighted by molar-refractivity contribution is -0.113. The van der Waals surface area contributed by atoms with Crippen molar-refractivity contribution >= 4 is 56.5 Å². The van der Waals surface area contributed by atoms with Crippen LogP contribution in [0.2, 0.25) is 5.02 Å². The van der Waals surface area contributed by atoms with Crippen LogP contribution in [0.15, 0.2) is 95.6 Å². The van der Waals surface area contributed by atoms with Gasteiger partial charge in [0.1, 0.15) is 27.7 Å². The number of thioether (sulfide) groups is 1. The Balaban J connectivity index is 1.25. The molecule has 0 saturated carbocycles. The van der Waals surface area contributed by atoms with Crippen LogP contribution in [-0.2, 0) is 4.79 Å². The number of ether oxygens (including phenoxy) is 1. The predicted octanol–water partition coefficient (Wildman–Crippen LogP) is 7.53. The average molecular weight is 504 g/mol. The zero-order valence-electron chi connectivity index (χ0n) is 17.8. The van der Waals surface area contributed by atoms with Gasteiger partial charge in [0, 0.05) is 21.7 Å². The Kier molecular flexibility index (Phi) is 6.76. The number of nitrogens with zero attached hydrogens (tertiary/aromatic N) is 2. The van der Waals surface area contributed by atoms with Crippen molar-refractivity contribution in [1.82, 2.24) is 9.97 Å². The molecule has 0 fully saturated rings. The van der Waals surface area contributed by atoms with Crippen molar-refractivity contribution in [2.45, 2.75) is 5.03 Å². The van der Waals surface area contributed by atoms with E-state index in [-0.39, 0.29) is 11.7 Å². The molecular formula is C26H18ClN3O2S2. The number of anilines is 1. The summed E-state index contributed by atoms with van der Waals surface area (Å²) in [5, 5.41) is 7.40. The quantitative estimate of drug-likeness (QED) is 0.183. The standard InChI is InChI=1S/C26H18ClN3O2S2/c27-18-8-6-17(7-9-18)22-14-33-25-24(22)26(29-16-28-25)34-15-23(31)30-19-10-12-21(13-11-19)32-20-4-2-1-3-5-20/h1-14,16H,15H2,(H,30,31). The van der Waals surface area contributed by atoms with Gasteiger partial charge in [0.25, 0.3) is 0 Å². The van der Waals surface area contributed by atoms with Crippen molar-refractivity contribution < 1.29 is 9.53 Å². The normalized spacial score (nSPS) is 10.9. The minimum absolute atomic E-state index is 0.114. The summed E-state index contributed by atoms with van der Waals surface area (Å²) in [5.41, 5.74) is 2.78. The van der Waals surface area contributed by atoms with Crippen LogP contribution < -0.4 is 10.1 Å². The van der Waals surface area contributed by atoms with Crippen LogP contribution >= 0.6 is 34.7 Å². The molecule has 0 radical (unpaired) electrons. The van der Waals surface area contributed by atoms with Gasteiger partial charge in [-0.3, -0.25) is 4.79 Å². The number of aromatic nitrogens is 2. The lowest BCUT2D eigenvalue weighted by Gasteiger charge is -2.08. The number of fused-ring (bicyclic) bond motifs is 1. The number of amides is 1. The van der Waals surface area contributed by atoms with Crippen LogP contribution in [0, 0.1) is 0 Å². The highest BCUT2D eigenvalue weighted by Gasteiger charge is 2.15. The zero-order valence-corrected chi connectivity index (χ0v) is 20.2. The molecule has 168 valence electrons. The number of hydrogen-bond acceptors (Lipinski definition) is 6.